The molecule has 0 spiro atoms. The van der Waals surface area contributed by atoms with Crippen LogP contribution in [0.3, 0.4) is 0 Å². The monoisotopic (exact) mass is 234 g/mol. The Balaban J connectivity index is 2.05. The molecule has 0 aromatic heterocycles. The maximum Gasteiger partial charge on any atom is 0.120 e. The molecule has 17 heavy (non-hydrogen) atoms. The molecule has 0 unspecified atom stereocenters. The summed E-state index contributed by atoms with van der Waals surface area (Å²) in [6.07, 6.45) is 4.81. The van der Waals surface area contributed by atoms with E-state index >= 15 is 0 Å². The number of anilines is 1. The first-order valence-corrected chi connectivity index (χ1v) is 6.27. The van der Waals surface area contributed by atoms with Gasteiger partial charge in [-0.25, -0.2) is 0 Å². The van der Waals surface area contributed by atoms with E-state index in [1.165, 1.54) is 18.5 Å². The first-order valence-electron chi connectivity index (χ1n) is 6.27. The van der Waals surface area contributed by atoms with Crippen molar-refractivity contribution in [2.24, 2.45) is 5.73 Å². The zero-order valence-corrected chi connectivity index (χ0v) is 10.8. The molecule has 1 fully saturated rings. The SMILES string of the molecule is COc1cccc(N(C)CC2(N)CCCC2)c1. The molecule has 0 atom stereocenters. The highest BCUT2D eigenvalue weighted by Gasteiger charge is 2.30. The Morgan fingerprint density at radius 1 is 1.35 bits per heavy atom. The maximum atomic E-state index is 6.39. The number of hydrogen-bond donors (Lipinski definition) is 1. The van der Waals surface area contributed by atoms with Crippen molar-refractivity contribution in [3.63, 3.8) is 0 Å². The van der Waals surface area contributed by atoms with Gasteiger partial charge in [0.05, 0.1) is 7.11 Å². The molecule has 0 amide bonds. The average Bonchev–Trinajstić information content (AvgIpc) is 2.76. The lowest BCUT2D eigenvalue weighted by Crippen LogP contribution is -2.47. The van der Waals surface area contributed by atoms with Gasteiger partial charge in [-0.2, -0.15) is 0 Å². The highest BCUT2D eigenvalue weighted by molar-refractivity contribution is 5.50. The van der Waals surface area contributed by atoms with Gasteiger partial charge in [0.1, 0.15) is 5.75 Å². The van der Waals surface area contributed by atoms with Crippen LogP contribution in [-0.4, -0.2) is 26.2 Å². The summed E-state index contributed by atoms with van der Waals surface area (Å²) < 4.78 is 5.24. The minimum absolute atomic E-state index is 0.00216. The van der Waals surface area contributed by atoms with Crippen LogP contribution in [0.15, 0.2) is 24.3 Å². The van der Waals surface area contributed by atoms with Gasteiger partial charge in [-0.05, 0) is 25.0 Å². The summed E-state index contributed by atoms with van der Waals surface area (Å²) in [6, 6.07) is 8.13. The quantitative estimate of drug-likeness (QED) is 0.869. The molecule has 0 radical (unpaired) electrons. The molecule has 0 bridgehead atoms. The number of methoxy groups -OCH3 is 1. The van der Waals surface area contributed by atoms with Gasteiger partial charge in [0.2, 0.25) is 0 Å². The molecule has 1 aromatic carbocycles. The van der Waals surface area contributed by atoms with Crippen molar-refractivity contribution in [1.82, 2.24) is 0 Å². The first kappa shape index (κ1) is 12.2. The smallest absolute Gasteiger partial charge is 0.120 e. The summed E-state index contributed by atoms with van der Waals surface area (Å²) in [5, 5.41) is 0. The van der Waals surface area contributed by atoms with Crippen molar-refractivity contribution in [1.29, 1.82) is 0 Å². The molecule has 0 heterocycles. The van der Waals surface area contributed by atoms with Crippen LogP contribution in [0, 0.1) is 0 Å². The van der Waals surface area contributed by atoms with Gasteiger partial charge in [-0.3, -0.25) is 0 Å². The molecule has 1 aromatic rings. The first-order chi connectivity index (χ1) is 8.13. The number of nitrogens with zero attached hydrogens (tertiary/aromatic N) is 1. The van der Waals surface area contributed by atoms with Gasteiger partial charge in [0, 0.05) is 30.9 Å². The summed E-state index contributed by atoms with van der Waals surface area (Å²) >= 11 is 0. The lowest BCUT2D eigenvalue weighted by molar-refractivity contribution is 0.414. The topological polar surface area (TPSA) is 38.5 Å². The van der Waals surface area contributed by atoms with E-state index in [1.54, 1.807) is 7.11 Å². The average molecular weight is 234 g/mol. The number of rotatable bonds is 4. The molecule has 3 nitrogen and oxygen atoms in total. The fourth-order valence-electron chi connectivity index (χ4n) is 2.65. The summed E-state index contributed by atoms with van der Waals surface area (Å²) in [4.78, 5) is 2.23. The van der Waals surface area contributed by atoms with E-state index in [4.69, 9.17) is 10.5 Å². The third-order valence-corrected chi connectivity index (χ3v) is 3.65. The fourth-order valence-corrected chi connectivity index (χ4v) is 2.65. The second-order valence-electron chi connectivity index (χ2n) is 5.13. The Bertz CT molecular complexity index is 372. The Morgan fingerprint density at radius 3 is 2.71 bits per heavy atom. The predicted octanol–water partition coefficient (Wildman–Crippen LogP) is 2.40. The Kier molecular flexibility index (Phi) is 3.57. The minimum atomic E-state index is -0.00216. The van der Waals surface area contributed by atoms with Crippen molar-refractivity contribution < 1.29 is 4.74 Å². The van der Waals surface area contributed by atoms with Crippen molar-refractivity contribution in [2.45, 2.75) is 31.2 Å². The van der Waals surface area contributed by atoms with E-state index in [0.717, 1.165) is 25.1 Å². The second-order valence-corrected chi connectivity index (χ2v) is 5.13. The number of nitrogens with two attached hydrogens (primary N) is 1. The largest absolute Gasteiger partial charge is 0.497 e. The summed E-state index contributed by atoms with van der Waals surface area (Å²) in [6.45, 7) is 0.917. The number of hydrogen-bond acceptors (Lipinski definition) is 3. The van der Waals surface area contributed by atoms with E-state index in [0.29, 0.717) is 0 Å². The molecule has 94 valence electrons. The molecule has 1 aliphatic rings. The Hall–Kier alpha value is -1.22. The summed E-state index contributed by atoms with van der Waals surface area (Å²) in [5.74, 6) is 0.895. The van der Waals surface area contributed by atoms with Crippen LogP contribution in [-0.2, 0) is 0 Å². The third kappa shape index (κ3) is 2.91. The van der Waals surface area contributed by atoms with E-state index in [2.05, 4.69) is 24.1 Å². The van der Waals surface area contributed by atoms with Crippen molar-refractivity contribution in [3.8, 4) is 5.75 Å². The van der Waals surface area contributed by atoms with Crippen LogP contribution < -0.4 is 15.4 Å². The van der Waals surface area contributed by atoms with Crippen LogP contribution in [0.5, 0.6) is 5.75 Å². The number of benzene rings is 1. The van der Waals surface area contributed by atoms with E-state index in [-0.39, 0.29) is 5.54 Å². The minimum Gasteiger partial charge on any atom is -0.497 e. The normalized spacial score (nSPS) is 18.1. The van der Waals surface area contributed by atoms with Crippen LogP contribution in [0.4, 0.5) is 5.69 Å². The van der Waals surface area contributed by atoms with Gasteiger partial charge in [-0.1, -0.05) is 18.9 Å². The zero-order chi connectivity index (χ0) is 12.3. The van der Waals surface area contributed by atoms with Gasteiger partial charge in [-0.15, -0.1) is 0 Å². The molecular formula is C14H22N2O. The van der Waals surface area contributed by atoms with Gasteiger partial charge >= 0.3 is 0 Å². The molecular weight excluding hydrogens is 212 g/mol. The van der Waals surface area contributed by atoms with Gasteiger partial charge in [0.25, 0.3) is 0 Å². The molecule has 2 N–H and O–H groups in total. The maximum absolute atomic E-state index is 6.39. The zero-order valence-electron chi connectivity index (χ0n) is 10.8. The molecule has 0 aliphatic heterocycles. The van der Waals surface area contributed by atoms with Gasteiger partial charge in [0.15, 0.2) is 0 Å². The highest BCUT2D eigenvalue weighted by atomic mass is 16.5. The summed E-state index contributed by atoms with van der Waals surface area (Å²) in [7, 11) is 3.79. The Labute approximate surface area is 104 Å². The fraction of sp³-hybridized carbons (Fsp3) is 0.571. The van der Waals surface area contributed by atoms with Crippen molar-refractivity contribution in [2.75, 3.05) is 25.6 Å². The van der Waals surface area contributed by atoms with Crippen LogP contribution in [0.2, 0.25) is 0 Å². The second kappa shape index (κ2) is 4.96. The molecule has 0 saturated heterocycles. The molecule has 2 rings (SSSR count). The van der Waals surface area contributed by atoms with E-state index in [1.807, 2.05) is 12.1 Å². The predicted molar refractivity (Wildman–Crippen MR) is 71.7 cm³/mol. The molecule has 1 aliphatic carbocycles. The van der Waals surface area contributed by atoms with Gasteiger partial charge < -0.3 is 15.4 Å². The standard InChI is InChI=1S/C14H22N2O/c1-16(11-14(15)8-3-4-9-14)12-6-5-7-13(10-12)17-2/h5-7,10H,3-4,8-9,11,15H2,1-2H3. The molecule has 3 heteroatoms. The number of likely N-dealkylation sites (N-methyl/N-ethyl adjacent to an activating group) is 1. The lowest BCUT2D eigenvalue weighted by atomic mass is 9.98. The molecule has 1 saturated carbocycles. The number of ether oxygens (including phenoxy) is 1. The van der Waals surface area contributed by atoms with E-state index in [9.17, 15) is 0 Å². The van der Waals surface area contributed by atoms with E-state index < -0.39 is 0 Å². The third-order valence-electron chi connectivity index (χ3n) is 3.65. The Morgan fingerprint density at radius 2 is 2.06 bits per heavy atom. The van der Waals surface area contributed by atoms with Crippen LogP contribution >= 0.6 is 0 Å². The summed E-state index contributed by atoms with van der Waals surface area (Å²) in [5.41, 5.74) is 7.56. The van der Waals surface area contributed by atoms with Crippen molar-refractivity contribution in [3.05, 3.63) is 24.3 Å². The van der Waals surface area contributed by atoms with Crippen LogP contribution in [0.1, 0.15) is 25.7 Å². The highest BCUT2D eigenvalue weighted by Crippen LogP contribution is 2.29. The van der Waals surface area contributed by atoms with Crippen molar-refractivity contribution >= 4 is 5.69 Å². The lowest BCUT2D eigenvalue weighted by Gasteiger charge is -2.31. The van der Waals surface area contributed by atoms with Crippen LogP contribution in [0.25, 0.3) is 0 Å².